The lowest BCUT2D eigenvalue weighted by molar-refractivity contribution is -0.791. The van der Waals surface area contributed by atoms with Gasteiger partial charge in [0.15, 0.2) is 5.01 Å². The highest BCUT2D eigenvalue weighted by molar-refractivity contribution is 7.14. The van der Waals surface area contributed by atoms with Crippen LogP contribution in [0, 0.1) is 11.6 Å². The number of hydrogen-bond donors (Lipinski definition) is 1. The van der Waals surface area contributed by atoms with E-state index in [0.717, 1.165) is 29.4 Å². The minimum Gasteiger partial charge on any atom is -0.478 e. The molecule has 35 heavy (non-hydrogen) atoms. The average Bonchev–Trinajstić information content (AvgIpc) is 3.28. The van der Waals surface area contributed by atoms with Crippen molar-refractivity contribution in [2.45, 2.75) is 26.3 Å². The van der Waals surface area contributed by atoms with Crippen molar-refractivity contribution in [2.75, 3.05) is 7.05 Å². The van der Waals surface area contributed by atoms with Gasteiger partial charge in [-0.2, -0.15) is 0 Å². The van der Waals surface area contributed by atoms with E-state index in [1.54, 1.807) is 7.05 Å². The van der Waals surface area contributed by atoms with Crippen molar-refractivity contribution in [3.05, 3.63) is 70.5 Å². The molecule has 4 rings (SSSR count). The summed E-state index contributed by atoms with van der Waals surface area (Å²) in [7, 11) is 1.60. The van der Waals surface area contributed by atoms with Gasteiger partial charge < -0.3 is 9.84 Å². The molecule has 11 heteroatoms. The number of carbonyl (C=O) groups is 2. The normalized spacial score (nSPS) is 17.3. The maximum absolute atomic E-state index is 14.9. The fraction of sp³-hybridized carbons (Fsp3) is 0.208. The van der Waals surface area contributed by atoms with E-state index in [1.807, 2.05) is 13.8 Å². The third-order valence-electron chi connectivity index (χ3n) is 5.38. The number of carboxylic acid groups (broad SMARTS) is 1. The molecule has 1 unspecified atom stereocenters. The van der Waals surface area contributed by atoms with E-state index in [4.69, 9.17) is 4.74 Å². The molecule has 0 aliphatic carbocycles. The topological polar surface area (TPSA) is 102 Å². The molecule has 1 aromatic heterocycles. The Morgan fingerprint density at radius 3 is 2.57 bits per heavy atom. The molecule has 0 saturated carbocycles. The Hall–Kier alpha value is -3.83. The van der Waals surface area contributed by atoms with Crippen LogP contribution >= 0.6 is 11.3 Å². The standard InChI is InChI=1S/C24H20F2N4O4S/c1-13(2)22-28-29-23(35-22)16-5-4-15(9-19(16)26)34-20-10-17(24(32)33)18(25)8-14(20)12-30(3)7-6-27-11-21(30)31/h4-11,13H,12H2,1-3H3/p+1. The summed E-state index contributed by atoms with van der Waals surface area (Å²) in [6, 6.07) is 6.15. The fourth-order valence-electron chi connectivity index (χ4n) is 3.40. The summed E-state index contributed by atoms with van der Waals surface area (Å²) in [5.41, 5.74) is -0.146. The lowest BCUT2D eigenvalue weighted by Crippen LogP contribution is -2.45. The lowest BCUT2D eigenvalue weighted by Gasteiger charge is -2.28. The Morgan fingerprint density at radius 1 is 1.17 bits per heavy atom. The molecule has 0 saturated heterocycles. The minimum absolute atomic E-state index is 0.0166. The summed E-state index contributed by atoms with van der Waals surface area (Å²) >= 11 is 1.29. The molecule has 1 aliphatic heterocycles. The van der Waals surface area contributed by atoms with Crippen molar-refractivity contribution in [3.8, 4) is 22.1 Å². The second kappa shape index (κ2) is 9.43. The van der Waals surface area contributed by atoms with Crippen molar-refractivity contribution in [3.63, 3.8) is 0 Å². The number of ether oxygens (including phenoxy) is 1. The average molecular weight is 500 g/mol. The number of nitrogens with zero attached hydrogens (tertiary/aromatic N) is 4. The van der Waals surface area contributed by atoms with E-state index in [-0.39, 0.29) is 45.5 Å². The molecular formula is C24H21F2N4O4S+. The molecule has 3 aromatic rings. The summed E-state index contributed by atoms with van der Waals surface area (Å²) in [6.45, 7) is 3.88. The van der Waals surface area contributed by atoms with E-state index in [0.29, 0.717) is 5.01 Å². The number of benzene rings is 2. The Morgan fingerprint density at radius 2 is 1.94 bits per heavy atom. The van der Waals surface area contributed by atoms with Crippen LogP contribution in [0.1, 0.15) is 40.7 Å². The third kappa shape index (κ3) is 5.00. The van der Waals surface area contributed by atoms with Crippen LogP contribution in [0.4, 0.5) is 8.78 Å². The minimum atomic E-state index is -1.49. The van der Waals surface area contributed by atoms with Gasteiger partial charge in [-0.1, -0.05) is 25.2 Å². The van der Waals surface area contributed by atoms with Gasteiger partial charge in [0.05, 0.1) is 24.4 Å². The van der Waals surface area contributed by atoms with Crippen LogP contribution in [-0.4, -0.2) is 44.9 Å². The molecule has 180 valence electrons. The predicted molar refractivity (Wildman–Crippen MR) is 125 cm³/mol. The number of carbonyl (C=O) groups excluding carboxylic acids is 1. The van der Waals surface area contributed by atoms with Crippen LogP contribution in [0.25, 0.3) is 10.6 Å². The molecule has 1 aliphatic rings. The number of aromatic carboxylic acids is 1. The lowest BCUT2D eigenvalue weighted by atomic mass is 10.1. The molecule has 1 amide bonds. The summed E-state index contributed by atoms with van der Waals surface area (Å²) in [5, 5.41) is 18.7. The molecule has 0 spiro atoms. The fourth-order valence-corrected chi connectivity index (χ4v) is 4.27. The van der Waals surface area contributed by atoms with Crippen molar-refractivity contribution in [1.82, 2.24) is 10.2 Å². The van der Waals surface area contributed by atoms with E-state index >= 15 is 0 Å². The van der Waals surface area contributed by atoms with Gasteiger partial charge in [-0.05, 0) is 24.3 Å². The zero-order chi connectivity index (χ0) is 25.3. The SMILES string of the molecule is CC(C)c1nnc(-c2ccc(Oc3cc(C(=O)O)c(F)cc3C[N+]3(C)C=CN=CC3=O)cc2F)s1. The van der Waals surface area contributed by atoms with E-state index in [9.17, 15) is 23.5 Å². The Bertz CT molecular complexity index is 1390. The predicted octanol–water partition coefficient (Wildman–Crippen LogP) is 5.13. The van der Waals surface area contributed by atoms with Gasteiger partial charge in [-0.3, -0.25) is 0 Å². The number of aliphatic imine (C=N–C) groups is 1. The van der Waals surface area contributed by atoms with Crippen LogP contribution in [0.5, 0.6) is 11.5 Å². The zero-order valence-corrected chi connectivity index (χ0v) is 19.8. The highest BCUT2D eigenvalue weighted by Gasteiger charge is 2.32. The van der Waals surface area contributed by atoms with Gasteiger partial charge in [0.25, 0.3) is 0 Å². The number of hydrogen-bond acceptors (Lipinski definition) is 7. The van der Waals surface area contributed by atoms with Gasteiger partial charge in [-0.25, -0.2) is 27.8 Å². The second-order valence-electron chi connectivity index (χ2n) is 8.43. The van der Waals surface area contributed by atoms with Gasteiger partial charge in [-0.15, -0.1) is 10.2 Å². The monoisotopic (exact) mass is 499 g/mol. The van der Waals surface area contributed by atoms with Crippen molar-refractivity contribution in [2.24, 2.45) is 4.99 Å². The second-order valence-corrected chi connectivity index (χ2v) is 9.44. The molecular weight excluding hydrogens is 478 g/mol. The molecule has 1 N–H and O–H groups in total. The maximum atomic E-state index is 14.9. The van der Waals surface area contributed by atoms with Gasteiger partial charge in [0.2, 0.25) is 0 Å². The summed E-state index contributed by atoms with van der Waals surface area (Å²) < 4.78 is 35.0. The number of carboxylic acids is 1. The highest BCUT2D eigenvalue weighted by atomic mass is 32.1. The van der Waals surface area contributed by atoms with Crippen LogP contribution in [0.15, 0.2) is 47.7 Å². The molecule has 0 radical (unpaired) electrons. The van der Waals surface area contributed by atoms with E-state index < -0.39 is 23.2 Å². The maximum Gasteiger partial charge on any atom is 0.361 e. The first-order valence-corrected chi connectivity index (χ1v) is 11.4. The van der Waals surface area contributed by atoms with Crippen LogP contribution in [0.3, 0.4) is 0 Å². The number of quaternary nitrogens is 1. The molecule has 1 atom stereocenters. The molecule has 0 bridgehead atoms. The van der Waals surface area contributed by atoms with Crippen molar-refractivity contribution >= 4 is 29.4 Å². The van der Waals surface area contributed by atoms with E-state index in [2.05, 4.69) is 15.2 Å². The quantitative estimate of drug-likeness (QED) is 0.453. The van der Waals surface area contributed by atoms with Crippen LogP contribution < -0.4 is 4.74 Å². The number of rotatable bonds is 7. The highest BCUT2D eigenvalue weighted by Crippen LogP contribution is 2.35. The first kappa shape index (κ1) is 24.3. The van der Waals surface area contributed by atoms with Gasteiger partial charge in [0, 0.05) is 17.5 Å². The largest absolute Gasteiger partial charge is 0.478 e. The molecule has 0 fully saturated rings. The third-order valence-corrected chi connectivity index (χ3v) is 6.64. The first-order valence-electron chi connectivity index (χ1n) is 10.5. The number of halogens is 2. The first-order chi connectivity index (χ1) is 16.6. The Balaban J connectivity index is 1.69. The molecule has 2 aromatic carbocycles. The zero-order valence-electron chi connectivity index (χ0n) is 19.0. The molecule has 8 nitrogen and oxygen atoms in total. The number of amides is 1. The van der Waals surface area contributed by atoms with Crippen molar-refractivity contribution in [1.29, 1.82) is 0 Å². The van der Waals surface area contributed by atoms with Crippen molar-refractivity contribution < 1.29 is 32.7 Å². The number of aromatic nitrogens is 2. The van der Waals surface area contributed by atoms with Gasteiger partial charge in [0.1, 0.15) is 47.1 Å². The van der Waals surface area contributed by atoms with Crippen LogP contribution in [-0.2, 0) is 11.3 Å². The Kier molecular flexibility index (Phi) is 6.55. The smallest absolute Gasteiger partial charge is 0.361 e. The van der Waals surface area contributed by atoms with Crippen LogP contribution in [0.2, 0.25) is 0 Å². The summed E-state index contributed by atoms with van der Waals surface area (Å²) in [5.74, 6) is -3.23. The van der Waals surface area contributed by atoms with Gasteiger partial charge >= 0.3 is 11.9 Å². The summed E-state index contributed by atoms with van der Waals surface area (Å²) in [6.07, 6.45) is 4.11. The Labute approximate surface area is 203 Å². The van der Waals surface area contributed by atoms with E-state index in [1.165, 1.54) is 35.9 Å². The summed E-state index contributed by atoms with van der Waals surface area (Å²) in [4.78, 5) is 27.7. The molecule has 2 heterocycles.